The molecule has 0 spiro atoms. The molecule has 0 saturated carbocycles. The highest BCUT2D eigenvalue weighted by Gasteiger charge is 2.04. The summed E-state index contributed by atoms with van der Waals surface area (Å²) in [7, 11) is 1.67. The third-order valence-electron chi connectivity index (χ3n) is 2.61. The lowest BCUT2D eigenvalue weighted by Crippen LogP contribution is -1.80. The fourth-order valence-corrected chi connectivity index (χ4v) is 1.86. The van der Waals surface area contributed by atoms with Crippen molar-refractivity contribution in [2.75, 3.05) is 7.11 Å². The second kappa shape index (κ2) is 2.98. The molecule has 74 valence electrons. The van der Waals surface area contributed by atoms with E-state index < -0.39 is 0 Å². The summed E-state index contributed by atoms with van der Waals surface area (Å²) < 4.78 is 5.18. The number of ether oxygens (including phenoxy) is 1. The van der Waals surface area contributed by atoms with Crippen molar-refractivity contribution in [3.05, 3.63) is 36.7 Å². The van der Waals surface area contributed by atoms with Gasteiger partial charge in [-0.3, -0.25) is 4.98 Å². The Hall–Kier alpha value is -2.03. The Kier molecular flexibility index (Phi) is 1.65. The summed E-state index contributed by atoms with van der Waals surface area (Å²) in [4.78, 5) is 7.40. The van der Waals surface area contributed by atoms with E-state index in [1.165, 1.54) is 10.8 Å². The van der Waals surface area contributed by atoms with E-state index in [1.54, 1.807) is 13.3 Å². The minimum absolute atomic E-state index is 0.863. The second-order valence-electron chi connectivity index (χ2n) is 3.46. The van der Waals surface area contributed by atoms with Crippen LogP contribution in [0, 0.1) is 0 Å². The van der Waals surface area contributed by atoms with Crippen LogP contribution in [-0.2, 0) is 0 Å². The fraction of sp³-hybridized carbons (Fsp3) is 0.0833. The zero-order chi connectivity index (χ0) is 10.3. The first-order valence-electron chi connectivity index (χ1n) is 4.78. The highest BCUT2D eigenvalue weighted by molar-refractivity contribution is 6.07. The van der Waals surface area contributed by atoms with Crippen molar-refractivity contribution < 1.29 is 4.74 Å². The van der Waals surface area contributed by atoms with Gasteiger partial charge in [-0.15, -0.1) is 0 Å². The molecule has 3 heteroatoms. The van der Waals surface area contributed by atoms with Crippen molar-refractivity contribution >= 4 is 21.8 Å². The molecule has 0 radical (unpaired) electrons. The molecule has 0 fully saturated rings. The SMILES string of the molecule is COc1ccc2c(c1)[nH]c1cnccc12. The number of hydrogen-bond acceptors (Lipinski definition) is 2. The van der Waals surface area contributed by atoms with E-state index in [0.717, 1.165) is 16.8 Å². The number of benzene rings is 1. The van der Waals surface area contributed by atoms with E-state index in [-0.39, 0.29) is 0 Å². The molecular formula is C12H10N2O. The van der Waals surface area contributed by atoms with Gasteiger partial charge in [0.05, 0.1) is 24.3 Å². The second-order valence-corrected chi connectivity index (χ2v) is 3.46. The number of hydrogen-bond donors (Lipinski definition) is 1. The van der Waals surface area contributed by atoms with E-state index in [1.807, 2.05) is 24.4 Å². The molecule has 0 unspecified atom stereocenters. The Morgan fingerprint density at radius 2 is 2.00 bits per heavy atom. The van der Waals surface area contributed by atoms with Crippen molar-refractivity contribution in [3.63, 3.8) is 0 Å². The maximum Gasteiger partial charge on any atom is 0.120 e. The molecule has 0 aliphatic heterocycles. The van der Waals surface area contributed by atoms with Gasteiger partial charge in [-0.25, -0.2) is 0 Å². The Bertz CT molecular complexity index is 628. The van der Waals surface area contributed by atoms with Gasteiger partial charge in [0.25, 0.3) is 0 Å². The van der Waals surface area contributed by atoms with Crippen LogP contribution in [0.4, 0.5) is 0 Å². The molecule has 2 aromatic heterocycles. The van der Waals surface area contributed by atoms with E-state index in [9.17, 15) is 0 Å². The predicted molar refractivity (Wildman–Crippen MR) is 60.2 cm³/mol. The molecule has 2 heterocycles. The summed E-state index contributed by atoms with van der Waals surface area (Å²) in [5.74, 6) is 0.863. The van der Waals surface area contributed by atoms with Gasteiger partial charge in [0.1, 0.15) is 5.75 Å². The van der Waals surface area contributed by atoms with Crippen molar-refractivity contribution in [3.8, 4) is 5.75 Å². The van der Waals surface area contributed by atoms with Crippen LogP contribution < -0.4 is 4.74 Å². The zero-order valence-electron chi connectivity index (χ0n) is 8.32. The van der Waals surface area contributed by atoms with Crippen LogP contribution in [0.5, 0.6) is 5.75 Å². The number of methoxy groups -OCH3 is 1. The number of nitrogens with zero attached hydrogens (tertiary/aromatic N) is 1. The molecule has 1 N–H and O–H groups in total. The number of pyridine rings is 1. The maximum atomic E-state index is 5.18. The van der Waals surface area contributed by atoms with Crippen LogP contribution in [0.3, 0.4) is 0 Å². The normalized spacial score (nSPS) is 11.0. The Labute approximate surface area is 86.7 Å². The molecule has 0 amide bonds. The lowest BCUT2D eigenvalue weighted by atomic mass is 10.2. The van der Waals surface area contributed by atoms with Gasteiger partial charge in [-0.1, -0.05) is 0 Å². The number of rotatable bonds is 1. The van der Waals surface area contributed by atoms with Gasteiger partial charge < -0.3 is 9.72 Å². The molecule has 0 aliphatic rings. The summed E-state index contributed by atoms with van der Waals surface area (Å²) >= 11 is 0. The number of aromatic amines is 1. The lowest BCUT2D eigenvalue weighted by molar-refractivity contribution is 0.415. The number of aromatic nitrogens is 2. The van der Waals surface area contributed by atoms with Crippen LogP contribution in [0.15, 0.2) is 36.7 Å². The van der Waals surface area contributed by atoms with Crippen molar-refractivity contribution in [2.45, 2.75) is 0 Å². The third-order valence-corrected chi connectivity index (χ3v) is 2.61. The van der Waals surface area contributed by atoms with Gasteiger partial charge in [0.15, 0.2) is 0 Å². The van der Waals surface area contributed by atoms with Crippen molar-refractivity contribution in [1.82, 2.24) is 9.97 Å². The summed E-state index contributed by atoms with van der Waals surface area (Å²) in [6, 6.07) is 8.04. The van der Waals surface area contributed by atoms with Gasteiger partial charge in [0.2, 0.25) is 0 Å². The minimum Gasteiger partial charge on any atom is -0.497 e. The molecule has 3 rings (SSSR count). The first-order chi connectivity index (χ1) is 7.38. The smallest absolute Gasteiger partial charge is 0.120 e. The van der Waals surface area contributed by atoms with E-state index in [2.05, 4.69) is 16.0 Å². The fourth-order valence-electron chi connectivity index (χ4n) is 1.86. The zero-order valence-corrected chi connectivity index (χ0v) is 8.32. The molecule has 3 nitrogen and oxygen atoms in total. The van der Waals surface area contributed by atoms with Crippen LogP contribution in [0.25, 0.3) is 21.8 Å². The predicted octanol–water partition coefficient (Wildman–Crippen LogP) is 2.72. The molecule has 0 atom stereocenters. The number of fused-ring (bicyclic) bond motifs is 3. The highest BCUT2D eigenvalue weighted by Crippen LogP contribution is 2.27. The largest absolute Gasteiger partial charge is 0.497 e. The molecule has 1 aromatic carbocycles. The molecule has 15 heavy (non-hydrogen) atoms. The van der Waals surface area contributed by atoms with Gasteiger partial charge in [0, 0.05) is 23.0 Å². The summed E-state index contributed by atoms with van der Waals surface area (Å²) in [5, 5.41) is 2.40. The minimum atomic E-state index is 0.863. The third kappa shape index (κ3) is 1.16. The Morgan fingerprint density at radius 3 is 2.87 bits per heavy atom. The van der Waals surface area contributed by atoms with Crippen LogP contribution in [-0.4, -0.2) is 17.1 Å². The monoisotopic (exact) mass is 198 g/mol. The van der Waals surface area contributed by atoms with Crippen LogP contribution >= 0.6 is 0 Å². The van der Waals surface area contributed by atoms with Crippen LogP contribution in [0.2, 0.25) is 0 Å². The Morgan fingerprint density at radius 1 is 1.13 bits per heavy atom. The first kappa shape index (κ1) is 8.29. The standard InChI is InChI=1S/C12H10N2O/c1-15-8-2-3-9-10-4-5-13-7-12(10)14-11(9)6-8/h2-7,14H,1H3. The average Bonchev–Trinajstić information content (AvgIpc) is 2.66. The molecule has 0 aliphatic carbocycles. The van der Waals surface area contributed by atoms with Gasteiger partial charge in [-0.05, 0) is 18.2 Å². The molecule has 0 saturated heterocycles. The van der Waals surface area contributed by atoms with E-state index >= 15 is 0 Å². The summed E-state index contributed by atoms with van der Waals surface area (Å²) in [6.07, 6.45) is 3.64. The molecular weight excluding hydrogens is 188 g/mol. The summed E-state index contributed by atoms with van der Waals surface area (Å²) in [5.41, 5.74) is 2.14. The highest BCUT2D eigenvalue weighted by atomic mass is 16.5. The average molecular weight is 198 g/mol. The van der Waals surface area contributed by atoms with Crippen LogP contribution in [0.1, 0.15) is 0 Å². The van der Waals surface area contributed by atoms with Crippen molar-refractivity contribution in [1.29, 1.82) is 0 Å². The molecule has 0 bridgehead atoms. The summed E-state index contributed by atoms with van der Waals surface area (Å²) in [6.45, 7) is 0. The van der Waals surface area contributed by atoms with E-state index in [4.69, 9.17) is 4.74 Å². The maximum absolute atomic E-state index is 5.18. The Balaban J connectivity index is 2.43. The van der Waals surface area contributed by atoms with E-state index in [0.29, 0.717) is 0 Å². The lowest BCUT2D eigenvalue weighted by Gasteiger charge is -1.97. The quantitative estimate of drug-likeness (QED) is 0.652. The van der Waals surface area contributed by atoms with Gasteiger partial charge in [-0.2, -0.15) is 0 Å². The van der Waals surface area contributed by atoms with Gasteiger partial charge >= 0.3 is 0 Å². The number of H-pyrrole nitrogens is 1. The number of nitrogens with one attached hydrogen (secondary N) is 1. The van der Waals surface area contributed by atoms with Crippen molar-refractivity contribution in [2.24, 2.45) is 0 Å². The topological polar surface area (TPSA) is 37.9 Å². The molecule has 3 aromatic rings. The first-order valence-corrected chi connectivity index (χ1v) is 4.78.